The topological polar surface area (TPSA) is 50.7 Å². The van der Waals surface area contributed by atoms with Gasteiger partial charge < -0.3 is 5.32 Å². The van der Waals surface area contributed by atoms with Crippen LogP contribution in [0.3, 0.4) is 0 Å². The third-order valence-electron chi connectivity index (χ3n) is 6.29. The molecule has 34 heavy (non-hydrogen) atoms. The second-order valence-electron chi connectivity index (χ2n) is 8.60. The number of hydrogen-bond acceptors (Lipinski definition) is 5. The minimum Gasteiger partial charge on any atom is -0.339 e. The lowest BCUT2D eigenvalue weighted by Crippen LogP contribution is -2.02. The molecule has 0 spiro atoms. The summed E-state index contributed by atoms with van der Waals surface area (Å²) < 4.78 is 0. The summed E-state index contributed by atoms with van der Waals surface area (Å²) in [6.07, 6.45) is 4.94. The molecule has 0 radical (unpaired) electrons. The number of thiazole rings is 1. The van der Waals surface area contributed by atoms with Crippen molar-refractivity contribution >= 4 is 22.8 Å². The molecule has 0 unspecified atom stereocenters. The van der Waals surface area contributed by atoms with Gasteiger partial charge in [0.05, 0.1) is 11.4 Å². The van der Waals surface area contributed by atoms with E-state index >= 15 is 0 Å². The van der Waals surface area contributed by atoms with Crippen LogP contribution in [0.2, 0.25) is 0 Å². The molecule has 1 N–H and O–H groups in total. The van der Waals surface area contributed by atoms with Crippen molar-refractivity contribution in [3.63, 3.8) is 0 Å². The average Bonchev–Trinajstić information content (AvgIpc) is 3.40. The molecule has 1 aliphatic rings. The van der Waals surface area contributed by atoms with Crippen LogP contribution in [0.1, 0.15) is 24.0 Å². The van der Waals surface area contributed by atoms with Gasteiger partial charge in [0.15, 0.2) is 5.82 Å². The van der Waals surface area contributed by atoms with Crippen LogP contribution >= 0.6 is 11.3 Å². The largest absolute Gasteiger partial charge is 0.339 e. The lowest BCUT2D eigenvalue weighted by atomic mass is 9.90. The first-order chi connectivity index (χ1) is 16.8. The van der Waals surface area contributed by atoms with E-state index < -0.39 is 0 Å². The Labute approximate surface area is 203 Å². The van der Waals surface area contributed by atoms with Crippen LogP contribution in [0.4, 0.5) is 11.5 Å². The number of nitrogens with one attached hydrogen (secondary N) is 1. The summed E-state index contributed by atoms with van der Waals surface area (Å²) in [5.74, 6) is 0.731. The lowest BCUT2D eigenvalue weighted by molar-refractivity contribution is 0.686. The maximum Gasteiger partial charge on any atom is 0.153 e. The van der Waals surface area contributed by atoms with Gasteiger partial charge in [-0.15, -0.1) is 21.5 Å². The number of fused-ring (bicyclic) bond motifs is 1. The van der Waals surface area contributed by atoms with E-state index in [0.717, 1.165) is 44.6 Å². The molecule has 0 saturated carbocycles. The zero-order valence-electron chi connectivity index (χ0n) is 18.7. The molecule has 2 aromatic heterocycles. The standard InChI is InChI=1S/C29H24N4S/c1-2-7-22(8-3-1)29-31-27(19-34-29)21-12-14-25(15-13-21)30-28-17-16-26(32-33-28)24-11-10-20-6-4-5-9-23(20)18-24/h1-3,7-8,10-19H,4-6,9H2,(H,30,33). The minimum absolute atomic E-state index is 0.731. The molecule has 4 nitrogen and oxygen atoms in total. The molecule has 0 atom stereocenters. The second kappa shape index (κ2) is 9.20. The van der Waals surface area contributed by atoms with Crippen molar-refractivity contribution in [1.29, 1.82) is 0 Å². The minimum atomic E-state index is 0.731. The number of nitrogens with zero attached hydrogens (tertiary/aromatic N) is 3. The highest BCUT2D eigenvalue weighted by molar-refractivity contribution is 7.13. The molecule has 0 fully saturated rings. The van der Waals surface area contributed by atoms with Crippen LogP contribution in [0.25, 0.3) is 33.1 Å². The van der Waals surface area contributed by atoms with E-state index in [9.17, 15) is 0 Å². The molecule has 6 rings (SSSR count). The predicted molar refractivity (Wildman–Crippen MR) is 140 cm³/mol. The Morgan fingerprint density at radius 3 is 2.24 bits per heavy atom. The van der Waals surface area contributed by atoms with Crippen LogP contribution in [0, 0.1) is 0 Å². The predicted octanol–water partition coefficient (Wildman–Crippen LogP) is 7.56. The van der Waals surface area contributed by atoms with Crippen molar-refractivity contribution in [3.05, 3.63) is 101 Å². The third-order valence-corrected chi connectivity index (χ3v) is 7.18. The molecular weight excluding hydrogens is 436 g/mol. The number of hydrogen-bond donors (Lipinski definition) is 1. The Morgan fingerprint density at radius 1 is 0.647 bits per heavy atom. The van der Waals surface area contributed by atoms with E-state index in [2.05, 4.69) is 75.5 Å². The Kier molecular flexibility index (Phi) is 5.61. The average molecular weight is 461 g/mol. The Morgan fingerprint density at radius 2 is 1.44 bits per heavy atom. The molecule has 166 valence electrons. The van der Waals surface area contributed by atoms with Crippen molar-refractivity contribution in [1.82, 2.24) is 15.2 Å². The Bertz CT molecular complexity index is 1410. The first-order valence-corrected chi connectivity index (χ1v) is 12.5. The fraction of sp³-hybridized carbons (Fsp3) is 0.138. The van der Waals surface area contributed by atoms with Crippen LogP contribution in [0.15, 0.2) is 90.3 Å². The highest BCUT2D eigenvalue weighted by Crippen LogP contribution is 2.30. The third kappa shape index (κ3) is 4.35. The summed E-state index contributed by atoms with van der Waals surface area (Å²) in [4.78, 5) is 4.81. The zero-order chi connectivity index (χ0) is 22.7. The molecule has 5 aromatic rings. The summed E-state index contributed by atoms with van der Waals surface area (Å²) in [7, 11) is 0. The first kappa shape index (κ1) is 20.8. The van der Waals surface area contributed by atoms with Gasteiger partial charge in [0.2, 0.25) is 0 Å². The van der Waals surface area contributed by atoms with Gasteiger partial charge in [-0.25, -0.2) is 4.98 Å². The van der Waals surface area contributed by atoms with E-state index in [0.29, 0.717) is 0 Å². The van der Waals surface area contributed by atoms with Crippen molar-refractivity contribution in [2.45, 2.75) is 25.7 Å². The van der Waals surface area contributed by atoms with E-state index in [1.807, 2.05) is 30.3 Å². The summed E-state index contributed by atoms with van der Waals surface area (Å²) in [5, 5.41) is 15.4. The van der Waals surface area contributed by atoms with Crippen molar-refractivity contribution in [2.24, 2.45) is 0 Å². The summed E-state index contributed by atoms with van der Waals surface area (Å²) in [6, 6.07) is 29.3. The van der Waals surface area contributed by atoms with Crippen molar-refractivity contribution in [3.8, 4) is 33.1 Å². The summed E-state index contributed by atoms with van der Waals surface area (Å²) in [6.45, 7) is 0. The maximum absolute atomic E-state index is 4.81. The number of rotatable bonds is 5. The van der Waals surface area contributed by atoms with E-state index in [4.69, 9.17) is 4.98 Å². The summed E-state index contributed by atoms with van der Waals surface area (Å²) >= 11 is 1.67. The second-order valence-corrected chi connectivity index (χ2v) is 9.46. The van der Waals surface area contributed by atoms with E-state index in [-0.39, 0.29) is 0 Å². The Hall–Kier alpha value is -3.83. The van der Waals surface area contributed by atoms with Gasteiger partial charge in [0, 0.05) is 27.8 Å². The zero-order valence-corrected chi connectivity index (χ0v) is 19.6. The highest BCUT2D eigenvalue weighted by Gasteiger charge is 2.11. The first-order valence-electron chi connectivity index (χ1n) is 11.7. The van der Waals surface area contributed by atoms with E-state index in [1.54, 1.807) is 11.3 Å². The van der Waals surface area contributed by atoms with E-state index in [1.165, 1.54) is 36.8 Å². The van der Waals surface area contributed by atoms with Gasteiger partial charge >= 0.3 is 0 Å². The van der Waals surface area contributed by atoms with Gasteiger partial charge in [0.25, 0.3) is 0 Å². The molecule has 3 aromatic carbocycles. The maximum atomic E-state index is 4.81. The van der Waals surface area contributed by atoms with Gasteiger partial charge in [-0.2, -0.15) is 0 Å². The fourth-order valence-corrected chi connectivity index (χ4v) is 5.27. The summed E-state index contributed by atoms with van der Waals surface area (Å²) in [5.41, 5.74) is 9.20. The van der Waals surface area contributed by atoms with Gasteiger partial charge in [-0.05, 0) is 67.1 Å². The molecule has 1 aliphatic carbocycles. The molecule has 2 heterocycles. The number of anilines is 2. The normalized spacial score (nSPS) is 12.8. The fourth-order valence-electron chi connectivity index (χ4n) is 4.44. The smallest absolute Gasteiger partial charge is 0.153 e. The number of benzene rings is 3. The van der Waals surface area contributed by atoms with Gasteiger partial charge in [-0.3, -0.25) is 0 Å². The monoisotopic (exact) mass is 460 g/mol. The van der Waals surface area contributed by atoms with Gasteiger partial charge in [-0.1, -0.05) is 54.6 Å². The number of aryl methyl sites for hydroxylation is 2. The molecule has 0 saturated heterocycles. The van der Waals surface area contributed by atoms with Crippen molar-refractivity contribution in [2.75, 3.05) is 5.32 Å². The van der Waals surface area contributed by atoms with Crippen LogP contribution in [-0.4, -0.2) is 15.2 Å². The molecular formula is C29H24N4S. The molecule has 0 aliphatic heterocycles. The molecule has 5 heteroatoms. The van der Waals surface area contributed by atoms with Crippen LogP contribution in [-0.2, 0) is 12.8 Å². The highest BCUT2D eigenvalue weighted by atomic mass is 32.1. The SMILES string of the molecule is c1ccc(-c2nc(-c3ccc(Nc4ccc(-c5ccc6c(c5)CCCC6)nn4)cc3)cs2)cc1. The molecule has 0 bridgehead atoms. The number of aromatic nitrogens is 3. The lowest BCUT2D eigenvalue weighted by Gasteiger charge is -2.16. The van der Waals surface area contributed by atoms with Crippen molar-refractivity contribution < 1.29 is 0 Å². The van der Waals surface area contributed by atoms with Gasteiger partial charge in [0.1, 0.15) is 5.01 Å². The quantitative estimate of drug-likeness (QED) is 0.294. The Balaban J connectivity index is 1.15. The van der Waals surface area contributed by atoms with Crippen LogP contribution < -0.4 is 5.32 Å². The molecule has 0 amide bonds. The van der Waals surface area contributed by atoms with Crippen LogP contribution in [0.5, 0.6) is 0 Å².